The fraction of sp³-hybridized carbons (Fsp3) is 0.625. The van der Waals surface area contributed by atoms with Gasteiger partial charge in [0.1, 0.15) is 12.1 Å². The maximum Gasteiger partial charge on any atom is 0.327 e. The molecule has 0 aromatic carbocycles. The van der Waals surface area contributed by atoms with E-state index in [0.29, 0.717) is 0 Å². The Morgan fingerprint density at radius 1 is 1.19 bits per heavy atom. The zero-order valence-corrected chi connectivity index (χ0v) is 8.55. The van der Waals surface area contributed by atoms with Gasteiger partial charge in [-0.15, -0.1) is 0 Å². The number of aliphatic carboxylic acids is 2. The SMILES string of the molecule is NC[C@H](NC(=O)CCC(N)C(=O)O)C(=O)O. The predicted octanol–water partition coefficient (Wildman–Crippen LogP) is -2.29. The Kier molecular flexibility index (Phi) is 6.04. The summed E-state index contributed by atoms with van der Waals surface area (Å²) < 4.78 is 0. The highest BCUT2D eigenvalue weighted by molar-refractivity contribution is 5.84. The van der Waals surface area contributed by atoms with Crippen LogP contribution in [0.1, 0.15) is 12.8 Å². The fourth-order valence-electron chi connectivity index (χ4n) is 0.898. The Bertz CT molecular complexity index is 281. The molecule has 0 spiro atoms. The van der Waals surface area contributed by atoms with Crippen molar-refractivity contribution in [2.45, 2.75) is 24.9 Å². The highest BCUT2D eigenvalue weighted by Crippen LogP contribution is 1.95. The van der Waals surface area contributed by atoms with Crippen molar-refractivity contribution in [1.29, 1.82) is 0 Å². The van der Waals surface area contributed by atoms with Crippen molar-refractivity contribution in [2.75, 3.05) is 6.54 Å². The van der Waals surface area contributed by atoms with Crippen molar-refractivity contribution < 1.29 is 24.6 Å². The lowest BCUT2D eigenvalue weighted by Gasteiger charge is -2.12. The molecule has 0 aromatic rings. The molecule has 0 saturated carbocycles. The van der Waals surface area contributed by atoms with Crippen LogP contribution in [0.15, 0.2) is 0 Å². The molecule has 16 heavy (non-hydrogen) atoms. The lowest BCUT2D eigenvalue weighted by molar-refractivity contribution is -0.142. The van der Waals surface area contributed by atoms with Crippen molar-refractivity contribution in [3.8, 4) is 0 Å². The van der Waals surface area contributed by atoms with Gasteiger partial charge in [-0.05, 0) is 6.42 Å². The second-order valence-corrected chi connectivity index (χ2v) is 3.18. The van der Waals surface area contributed by atoms with Gasteiger partial charge in [-0.3, -0.25) is 9.59 Å². The molecule has 0 radical (unpaired) electrons. The summed E-state index contributed by atoms with van der Waals surface area (Å²) in [7, 11) is 0. The molecule has 0 rings (SSSR count). The molecule has 0 bridgehead atoms. The van der Waals surface area contributed by atoms with Gasteiger partial charge in [0.2, 0.25) is 5.91 Å². The minimum atomic E-state index is -1.24. The Morgan fingerprint density at radius 2 is 1.75 bits per heavy atom. The molecule has 0 aliphatic heterocycles. The molecule has 0 saturated heterocycles. The molecule has 0 aliphatic rings. The number of rotatable bonds is 7. The summed E-state index contributed by atoms with van der Waals surface area (Å²) in [6.07, 6.45) is -0.213. The predicted molar refractivity (Wildman–Crippen MR) is 53.5 cm³/mol. The van der Waals surface area contributed by atoms with Crippen molar-refractivity contribution >= 4 is 17.8 Å². The van der Waals surface area contributed by atoms with Crippen LogP contribution >= 0.6 is 0 Å². The monoisotopic (exact) mass is 233 g/mol. The summed E-state index contributed by atoms with van der Waals surface area (Å²) in [5.74, 6) is -3.03. The van der Waals surface area contributed by atoms with Gasteiger partial charge in [-0.2, -0.15) is 0 Å². The van der Waals surface area contributed by atoms with Gasteiger partial charge >= 0.3 is 11.9 Å². The molecule has 0 fully saturated rings. The molecule has 8 nitrogen and oxygen atoms in total. The van der Waals surface area contributed by atoms with Crippen LogP contribution < -0.4 is 16.8 Å². The first-order valence-corrected chi connectivity index (χ1v) is 4.59. The quantitative estimate of drug-likeness (QED) is 0.331. The van der Waals surface area contributed by atoms with E-state index in [1.54, 1.807) is 0 Å². The number of carboxylic acids is 2. The molecule has 0 heterocycles. The number of amides is 1. The van der Waals surface area contributed by atoms with Crippen LogP contribution in [0.25, 0.3) is 0 Å². The lowest BCUT2D eigenvalue weighted by atomic mass is 10.1. The van der Waals surface area contributed by atoms with Gasteiger partial charge in [0.15, 0.2) is 0 Å². The van der Waals surface area contributed by atoms with Crippen LogP contribution in [-0.4, -0.2) is 46.7 Å². The van der Waals surface area contributed by atoms with Gasteiger partial charge in [-0.25, -0.2) is 4.79 Å². The largest absolute Gasteiger partial charge is 0.480 e. The third-order valence-electron chi connectivity index (χ3n) is 1.87. The van der Waals surface area contributed by atoms with E-state index in [1.165, 1.54) is 0 Å². The van der Waals surface area contributed by atoms with Crippen molar-refractivity contribution in [1.82, 2.24) is 5.32 Å². The van der Waals surface area contributed by atoms with E-state index in [0.717, 1.165) is 0 Å². The number of nitrogens with one attached hydrogen (secondary N) is 1. The average molecular weight is 233 g/mol. The standard InChI is InChI=1S/C8H15N3O5/c9-3-5(8(15)16)11-6(12)2-1-4(10)7(13)14/h4-5H,1-3,9-10H2,(H,11,12)(H,13,14)(H,15,16)/t4?,5-/m0/s1. The van der Waals surface area contributed by atoms with Crippen LogP contribution in [0, 0.1) is 0 Å². The Labute approximate surface area is 91.6 Å². The summed E-state index contributed by atoms with van der Waals surface area (Å²) in [6.45, 7) is -0.230. The first-order chi connectivity index (χ1) is 7.38. The molecule has 2 atom stereocenters. The minimum absolute atomic E-state index is 0.0575. The Balaban J connectivity index is 3.99. The van der Waals surface area contributed by atoms with Crippen molar-refractivity contribution in [3.05, 3.63) is 0 Å². The van der Waals surface area contributed by atoms with E-state index in [-0.39, 0.29) is 19.4 Å². The highest BCUT2D eigenvalue weighted by atomic mass is 16.4. The number of nitrogens with two attached hydrogens (primary N) is 2. The first-order valence-electron chi connectivity index (χ1n) is 4.59. The average Bonchev–Trinajstić information content (AvgIpc) is 2.21. The number of hydrogen-bond donors (Lipinski definition) is 5. The van der Waals surface area contributed by atoms with Crippen LogP contribution in [-0.2, 0) is 14.4 Å². The summed E-state index contributed by atoms with van der Waals surface area (Å²) in [4.78, 5) is 32.0. The summed E-state index contributed by atoms with van der Waals surface area (Å²) in [6, 6.07) is -2.29. The van der Waals surface area contributed by atoms with Gasteiger partial charge < -0.3 is 27.0 Å². The maximum absolute atomic E-state index is 11.2. The molecule has 0 aliphatic carbocycles. The molecule has 92 valence electrons. The van der Waals surface area contributed by atoms with E-state index in [2.05, 4.69) is 5.32 Å². The summed E-state index contributed by atoms with van der Waals surface area (Å²) in [5.41, 5.74) is 10.3. The summed E-state index contributed by atoms with van der Waals surface area (Å²) >= 11 is 0. The van der Waals surface area contributed by atoms with Crippen LogP contribution in [0.2, 0.25) is 0 Å². The minimum Gasteiger partial charge on any atom is -0.480 e. The van der Waals surface area contributed by atoms with E-state index >= 15 is 0 Å². The van der Waals surface area contributed by atoms with Crippen LogP contribution in [0.5, 0.6) is 0 Å². The lowest BCUT2D eigenvalue weighted by Crippen LogP contribution is -2.46. The van der Waals surface area contributed by atoms with Gasteiger partial charge in [0.25, 0.3) is 0 Å². The second kappa shape index (κ2) is 6.75. The topological polar surface area (TPSA) is 156 Å². The van der Waals surface area contributed by atoms with Crippen molar-refractivity contribution in [2.24, 2.45) is 11.5 Å². The van der Waals surface area contributed by atoms with Gasteiger partial charge in [0, 0.05) is 13.0 Å². The molecular weight excluding hydrogens is 218 g/mol. The van der Waals surface area contributed by atoms with Crippen LogP contribution in [0.3, 0.4) is 0 Å². The van der Waals surface area contributed by atoms with Gasteiger partial charge in [0.05, 0.1) is 0 Å². The van der Waals surface area contributed by atoms with Crippen LogP contribution in [0.4, 0.5) is 0 Å². The number of carboxylic acid groups (broad SMARTS) is 2. The smallest absolute Gasteiger partial charge is 0.327 e. The van der Waals surface area contributed by atoms with Gasteiger partial charge in [-0.1, -0.05) is 0 Å². The third kappa shape index (κ3) is 5.27. The van der Waals surface area contributed by atoms with Crippen molar-refractivity contribution in [3.63, 3.8) is 0 Å². The number of carbonyl (C=O) groups excluding carboxylic acids is 1. The molecular formula is C8H15N3O5. The molecule has 7 N–H and O–H groups in total. The Hall–Kier alpha value is -1.67. The first kappa shape index (κ1) is 14.3. The maximum atomic E-state index is 11.2. The molecule has 0 aromatic heterocycles. The number of hydrogen-bond acceptors (Lipinski definition) is 5. The normalized spacial score (nSPS) is 13.9. The van der Waals surface area contributed by atoms with E-state index in [4.69, 9.17) is 21.7 Å². The fourth-order valence-corrected chi connectivity index (χ4v) is 0.898. The number of carbonyl (C=O) groups is 3. The van der Waals surface area contributed by atoms with E-state index in [9.17, 15) is 14.4 Å². The van der Waals surface area contributed by atoms with E-state index in [1.807, 2.05) is 0 Å². The zero-order valence-electron chi connectivity index (χ0n) is 8.55. The molecule has 8 heteroatoms. The highest BCUT2D eigenvalue weighted by Gasteiger charge is 2.19. The van der Waals surface area contributed by atoms with E-state index < -0.39 is 29.9 Å². The molecule has 1 amide bonds. The summed E-state index contributed by atoms with van der Waals surface area (Å²) in [5, 5.41) is 19.2. The Morgan fingerprint density at radius 3 is 2.12 bits per heavy atom. The molecule has 1 unspecified atom stereocenters. The second-order valence-electron chi connectivity index (χ2n) is 3.18. The third-order valence-corrected chi connectivity index (χ3v) is 1.87. The zero-order chi connectivity index (χ0) is 12.7.